The Kier molecular flexibility index (Phi) is 4.37. The molecule has 0 bridgehead atoms. The fourth-order valence-electron chi connectivity index (χ4n) is 2.83. The van der Waals surface area contributed by atoms with E-state index in [4.69, 9.17) is 9.26 Å². The molecule has 0 fully saturated rings. The Morgan fingerprint density at radius 1 is 1.11 bits per heavy atom. The summed E-state index contributed by atoms with van der Waals surface area (Å²) in [5.74, 6) is 1.15. The minimum absolute atomic E-state index is 0.00581. The lowest BCUT2D eigenvalue weighted by Crippen LogP contribution is -1.93. The quantitative estimate of drug-likeness (QED) is 0.285. The molecule has 134 valence electrons. The highest BCUT2D eigenvalue weighted by molar-refractivity contribution is 9.10. The van der Waals surface area contributed by atoms with Crippen LogP contribution in [0.15, 0.2) is 69.7 Å². The Morgan fingerprint density at radius 2 is 1.96 bits per heavy atom. The van der Waals surface area contributed by atoms with Crippen LogP contribution in [0.3, 0.4) is 0 Å². The molecule has 0 atom stereocenters. The number of non-ortho nitro benzene ring substituents is 1. The van der Waals surface area contributed by atoms with Gasteiger partial charge in [0.05, 0.1) is 10.6 Å². The van der Waals surface area contributed by atoms with Gasteiger partial charge in [0.15, 0.2) is 5.58 Å². The molecule has 0 amide bonds. The van der Waals surface area contributed by atoms with Gasteiger partial charge < -0.3 is 9.26 Å². The van der Waals surface area contributed by atoms with Gasteiger partial charge in [0.25, 0.3) is 5.69 Å². The molecule has 1 aromatic heterocycles. The highest BCUT2D eigenvalue weighted by atomic mass is 79.9. The van der Waals surface area contributed by atoms with Gasteiger partial charge in [0, 0.05) is 27.6 Å². The molecule has 4 rings (SSSR count). The van der Waals surface area contributed by atoms with Crippen molar-refractivity contribution in [2.24, 2.45) is 0 Å². The van der Waals surface area contributed by atoms with Crippen LogP contribution in [-0.4, -0.2) is 10.1 Å². The monoisotopic (exact) mass is 424 g/mol. The van der Waals surface area contributed by atoms with E-state index in [0.717, 1.165) is 21.1 Å². The zero-order valence-electron chi connectivity index (χ0n) is 14.2. The van der Waals surface area contributed by atoms with Crippen LogP contribution in [0.2, 0.25) is 0 Å². The second-order valence-electron chi connectivity index (χ2n) is 5.98. The average molecular weight is 425 g/mol. The molecular formula is C20H13BrN2O4. The van der Waals surface area contributed by atoms with Crippen molar-refractivity contribution < 1.29 is 14.2 Å². The van der Waals surface area contributed by atoms with Gasteiger partial charge in [-0.05, 0) is 48.9 Å². The summed E-state index contributed by atoms with van der Waals surface area (Å²) >= 11 is 3.41. The summed E-state index contributed by atoms with van der Waals surface area (Å²) in [6, 6.07) is 17.5. The van der Waals surface area contributed by atoms with Crippen molar-refractivity contribution >= 4 is 32.6 Å². The fourth-order valence-corrected chi connectivity index (χ4v) is 3.21. The molecule has 4 aromatic rings. The van der Waals surface area contributed by atoms with Crippen molar-refractivity contribution in [3.63, 3.8) is 0 Å². The minimum atomic E-state index is -0.421. The number of hydrogen-bond donors (Lipinski definition) is 0. The summed E-state index contributed by atoms with van der Waals surface area (Å²) in [6.07, 6.45) is 0. The van der Waals surface area contributed by atoms with Gasteiger partial charge in [0.1, 0.15) is 11.5 Å². The molecule has 0 saturated heterocycles. The van der Waals surface area contributed by atoms with E-state index in [1.165, 1.54) is 12.1 Å². The summed E-state index contributed by atoms with van der Waals surface area (Å²) in [7, 11) is 0. The molecule has 0 spiro atoms. The van der Waals surface area contributed by atoms with Crippen molar-refractivity contribution in [2.45, 2.75) is 6.92 Å². The van der Waals surface area contributed by atoms with E-state index in [1.54, 1.807) is 12.1 Å². The van der Waals surface area contributed by atoms with Gasteiger partial charge >= 0.3 is 0 Å². The van der Waals surface area contributed by atoms with Gasteiger partial charge in [-0.15, -0.1) is 0 Å². The minimum Gasteiger partial charge on any atom is -0.457 e. The van der Waals surface area contributed by atoms with Crippen LogP contribution in [0.1, 0.15) is 5.69 Å². The smallest absolute Gasteiger partial charge is 0.270 e. The molecule has 0 aliphatic rings. The third-order valence-corrected chi connectivity index (χ3v) is 4.65. The Labute approximate surface area is 162 Å². The van der Waals surface area contributed by atoms with E-state index in [-0.39, 0.29) is 5.69 Å². The summed E-state index contributed by atoms with van der Waals surface area (Å²) < 4.78 is 12.1. The molecule has 7 heteroatoms. The standard InChI is InChI=1S/C20H13BrN2O4/c1-12-17-9-13(5-7-20(17)27-22-12)18-11-15(23(24)25)6-8-19(18)26-16-4-2-3-14(21)10-16/h2-11H,1H3. The Balaban J connectivity index is 1.86. The summed E-state index contributed by atoms with van der Waals surface area (Å²) in [4.78, 5) is 10.8. The number of fused-ring (bicyclic) bond motifs is 1. The van der Waals surface area contributed by atoms with E-state index in [2.05, 4.69) is 21.1 Å². The van der Waals surface area contributed by atoms with Gasteiger partial charge in [-0.3, -0.25) is 10.1 Å². The molecule has 0 aliphatic heterocycles. The number of nitro benzene ring substituents is 1. The second-order valence-corrected chi connectivity index (χ2v) is 6.89. The molecule has 0 N–H and O–H groups in total. The maximum atomic E-state index is 11.3. The fraction of sp³-hybridized carbons (Fsp3) is 0.0500. The van der Waals surface area contributed by atoms with Crippen LogP contribution in [0, 0.1) is 17.0 Å². The van der Waals surface area contributed by atoms with Crippen molar-refractivity contribution in [1.29, 1.82) is 0 Å². The van der Waals surface area contributed by atoms with E-state index >= 15 is 0 Å². The van der Waals surface area contributed by atoms with Crippen LogP contribution in [-0.2, 0) is 0 Å². The van der Waals surface area contributed by atoms with Crippen LogP contribution < -0.4 is 4.74 Å². The molecule has 3 aromatic carbocycles. The zero-order valence-corrected chi connectivity index (χ0v) is 15.8. The number of nitro groups is 1. The number of hydrogen-bond acceptors (Lipinski definition) is 5. The van der Waals surface area contributed by atoms with Crippen LogP contribution >= 0.6 is 15.9 Å². The van der Waals surface area contributed by atoms with Crippen molar-refractivity contribution in [1.82, 2.24) is 5.16 Å². The first-order chi connectivity index (χ1) is 13.0. The number of halogens is 1. The lowest BCUT2D eigenvalue weighted by atomic mass is 10.0. The normalized spacial score (nSPS) is 10.9. The zero-order chi connectivity index (χ0) is 19.0. The van der Waals surface area contributed by atoms with E-state index in [9.17, 15) is 10.1 Å². The first kappa shape index (κ1) is 17.2. The maximum absolute atomic E-state index is 11.3. The molecule has 27 heavy (non-hydrogen) atoms. The third-order valence-electron chi connectivity index (χ3n) is 4.16. The average Bonchev–Trinajstić information content (AvgIpc) is 3.02. The van der Waals surface area contributed by atoms with Crippen molar-refractivity contribution in [2.75, 3.05) is 0 Å². The second kappa shape index (κ2) is 6.85. The molecule has 0 aliphatic carbocycles. The molecule has 0 saturated carbocycles. The number of rotatable bonds is 4. The van der Waals surface area contributed by atoms with Crippen LogP contribution in [0.4, 0.5) is 5.69 Å². The predicted molar refractivity (Wildman–Crippen MR) is 105 cm³/mol. The number of aryl methyl sites for hydroxylation is 1. The molecule has 0 unspecified atom stereocenters. The van der Waals surface area contributed by atoms with Gasteiger partial charge in [0.2, 0.25) is 0 Å². The molecule has 0 radical (unpaired) electrons. The summed E-state index contributed by atoms with van der Waals surface area (Å²) in [5.41, 5.74) is 2.81. The van der Waals surface area contributed by atoms with Gasteiger partial charge in [-0.1, -0.05) is 33.2 Å². The van der Waals surface area contributed by atoms with Gasteiger partial charge in [-0.25, -0.2) is 0 Å². The van der Waals surface area contributed by atoms with Crippen molar-refractivity contribution in [3.05, 3.63) is 80.9 Å². The number of nitrogens with zero attached hydrogens (tertiary/aromatic N) is 2. The lowest BCUT2D eigenvalue weighted by molar-refractivity contribution is -0.384. The van der Waals surface area contributed by atoms with E-state index in [1.807, 2.05) is 43.3 Å². The third kappa shape index (κ3) is 3.41. The topological polar surface area (TPSA) is 78.4 Å². The molecular weight excluding hydrogens is 412 g/mol. The molecule has 1 heterocycles. The first-order valence-electron chi connectivity index (χ1n) is 8.09. The summed E-state index contributed by atoms with van der Waals surface area (Å²) in [5, 5.41) is 16.1. The summed E-state index contributed by atoms with van der Waals surface area (Å²) in [6.45, 7) is 1.85. The van der Waals surface area contributed by atoms with Crippen LogP contribution in [0.25, 0.3) is 22.1 Å². The number of benzene rings is 3. The highest BCUT2D eigenvalue weighted by Crippen LogP contribution is 2.38. The molecule has 6 nitrogen and oxygen atoms in total. The van der Waals surface area contributed by atoms with E-state index in [0.29, 0.717) is 22.6 Å². The Hall–Kier alpha value is -3.19. The van der Waals surface area contributed by atoms with E-state index < -0.39 is 4.92 Å². The van der Waals surface area contributed by atoms with Crippen molar-refractivity contribution in [3.8, 4) is 22.6 Å². The Bertz CT molecular complexity index is 1170. The largest absolute Gasteiger partial charge is 0.457 e. The Morgan fingerprint density at radius 3 is 2.74 bits per heavy atom. The highest BCUT2D eigenvalue weighted by Gasteiger charge is 2.16. The SMILES string of the molecule is Cc1noc2ccc(-c3cc([N+](=O)[O-])ccc3Oc3cccc(Br)c3)cc12. The number of ether oxygens (including phenoxy) is 1. The first-order valence-corrected chi connectivity index (χ1v) is 8.89. The van der Waals surface area contributed by atoms with Gasteiger partial charge in [-0.2, -0.15) is 0 Å². The maximum Gasteiger partial charge on any atom is 0.270 e. The predicted octanol–water partition coefficient (Wildman–Crippen LogP) is 6.27. The lowest BCUT2D eigenvalue weighted by Gasteiger charge is -2.12. The van der Waals surface area contributed by atoms with Crippen LogP contribution in [0.5, 0.6) is 11.5 Å². The number of aromatic nitrogens is 1.